The molecule has 26 heavy (non-hydrogen) atoms. The highest BCUT2D eigenvalue weighted by atomic mass is 16.5. The van der Waals surface area contributed by atoms with Gasteiger partial charge in [-0.2, -0.15) is 0 Å². The van der Waals surface area contributed by atoms with Crippen molar-refractivity contribution in [3.63, 3.8) is 0 Å². The van der Waals surface area contributed by atoms with Crippen LogP contribution in [-0.2, 0) is 6.54 Å². The highest BCUT2D eigenvalue weighted by molar-refractivity contribution is 6.11. The summed E-state index contributed by atoms with van der Waals surface area (Å²) < 4.78 is 5.41. The number of rotatable bonds is 4. The Morgan fingerprint density at radius 2 is 2.04 bits per heavy atom. The quantitative estimate of drug-likeness (QED) is 0.783. The van der Waals surface area contributed by atoms with E-state index in [9.17, 15) is 4.79 Å². The molecule has 1 aromatic carbocycles. The van der Waals surface area contributed by atoms with Crippen molar-refractivity contribution in [2.75, 3.05) is 19.4 Å². The smallest absolute Gasteiger partial charge is 0.258 e. The topological polar surface area (TPSA) is 81.3 Å². The van der Waals surface area contributed by atoms with Crippen molar-refractivity contribution >= 4 is 22.5 Å². The van der Waals surface area contributed by atoms with Crippen molar-refractivity contribution in [3.05, 3.63) is 47.8 Å². The Morgan fingerprint density at radius 3 is 2.81 bits per heavy atom. The number of nitrogens with two attached hydrogens (primary N) is 1. The molecule has 2 N–H and O–H groups in total. The molecule has 3 aromatic rings. The number of para-hydroxylation sites is 1. The molecule has 3 heterocycles. The minimum atomic E-state index is -0.0295. The number of carbonyl (C=O) groups is 1. The first-order valence-electron chi connectivity index (χ1n) is 8.65. The largest absolute Gasteiger partial charge is 0.481 e. The van der Waals surface area contributed by atoms with E-state index in [-0.39, 0.29) is 5.91 Å². The van der Waals surface area contributed by atoms with E-state index in [1.54, 1.807) is 18.2 Å². The van der Waals surface area contributed by atoms with Gasteiger partial charge in [0, 0.05) is 29.3 Å². The summed E-state index contributed by atoms with van der Waals surface area (Å²) in [4.78, 5) is 23.6. The number of hydrogen-bond donors (Lipinski definition) is 1. The fraction of sp³-hybridized carbons (Fsp3) is 0.250. The summed E-state index contributed by atoms with van der Waals surface area (Å²) in [6, 6.07) is 9.60. The number of ether oxygens (including phenoxy) is 1. The molecule has 0 saturated carbocycles. The van der Waals surface area contributed by atoms with Crippen LogP contribution in [0.3, 0.4) is 0 Å². The fourth-order valence-corrected chi connectivity index (χ4v) is 3.55. The van der Waals surface area contributed by atoms with Crippen molar-refractivity contribution in [1.82, 2.24) is 14.9 Å². The zero-order chi connectivity index (χ0) is 18.3. The summed E-state index contributed by atoms with van der Waals surface area (Å²) in [5.74, 6) is 0.502. The summed E-state index contributed by atoms with van der Waals surface area (Å²) in [7, 11) is 1.59. The van der Waals surface area contributed by atoms with E-state index < -0.39 is 0 Å². The maximum absolute atomic E-state index is 12.7. The first kappa shape index (κ1) is 16.3. The maximum atomic E-state index is 12.7. The van der Waals surface area contributed by atoms with Crippen molar-refractivity contribution in [3.8, 4) is 17.0 Å². The van der Waals surface area contributed by atoms with Crippen molar-refractivity contribution in [2.24, 2.45) is 0 Å². The molecule has 0 spiro atoms. The van der Waals surface area contributed by atoms with Crippen LogP contribution in [0, 0.1) is 0 Å². The summed E-state index contributed by atoms with van der Waals surface area (Å²) >= 11 is 0. The number of amides is 1. The molecule has 0 fully saturated rings. The van der Waals surface area contributed by atoms with E-state index in [0.29, 0.717) is 30.2 Å². The Balaban J connectivity index is 1.96. The minimum absolute atomic E-state index is 0.0295. The second kappa shape index (κ2) is 6.29. The van der Waals surface area contributed by atoms with Gasteiger partial charge in [0.15, 0.2) is 0 Å². The number of benzene rings is 1. The van der Waals surface area contributed by atoms with E-state index in [1.165, 1.54) is 0 Å². The lowest BCUT2D eigenvalue weighted by atomic mass is 10.00. The molecule has 4 rings (SSSR count). The third-order valence-electron chi connectivity index (χ3n) is 4.72. The van der Waals surface area contributed by atoms with Crippen molar-refractivity contribution < 1.29 is 9.53 Å². The van der Waals surface area contributed by atoms with Crippen molar-refractivity contribution in [2.45, 2.75) is 19.9 Å². The molecule has 0 atom stereocenters. The van der Waals surface area contributed by atoms with Gasteiger partial charge in [-0.3, -0.25) is 4.79 Å². The Morgan fingerprint density at radius 1 is 1.23 bits per heavy atom. The van der Waals surface area contributed by atoms with Gasteiger partial charge in [-0.15, -0.1) is 0 Å². The van der Waals surface area contributed by atoms with Crippen LogP contribution in [0.4, 0.5) is 5.69 Å². The lowest BCUT2D eigenvalue weighted by Gasteiger charge is -2.13. The molecule has 2 aromatic heterocycles. The molecule has 0 radical (unpaired) electrons. The summed E-state index contributed by atoms with van der Waals surface area (Å²) in [6.45, 7) is 3.26. The Hall–Kier alpha value is -3.15. The molecule has 1 amide bonds. The number of carbonyl (C=O) groups excluding carboxylic acids is 1. The second-order valence-corrected chi connectivity index (χ2v) is 6.34. The second-order valence-electron chi connectivity index (χ2n) is 6.34. The highest BCUT2D eigenvalue weighted by Crippen LogP contribution is 2.38. The third-order valence-corrected chi connectivity index (χ3v) is 4.72. The first-order valence-corrected chi connectivity index (χ1v) is 8.65. The van der Waals surface area contributed by atoms with Gasteiger partial charge in [0.05, 0.1) is 36.1 Å². The van der Waals surface area contributed by atoms with Crippen LogP contribution in [0.1, 0.15) is 29.4 Å². The monoisotopic (exact) mass is 348 g/mol. The molecular weight excluding hydrogens is 328 g/mol. The van der Waals surface area contributed by atoms with Crippen LogP contribution in [0.5, 0.6) is 5.88 Å². The van der Waals surface area contributed by atoms with Crippen LogP contribution >= 0.6 is 0 Å². The average Bonchev–Trinajstić information content (AvgIpc) is 2.97. The van der Waals surface area contributed by atoms with E-state index >= 15 is 0 Å². The molecule has 1 aliphatic heterocycles. The predicted octanol–water partition coefficient (Wildman–Crippen LogP) is 3.25. The molecule has 6 heteroatoms. The lowest BCUT2D eigenvalue weighted by molar-refractivity contribution is 0.0779. The van der Waals surface area contributed by atoms with Crippen LogP contribution in [0.25, 0.3) is 22.0 Å². The molecule has 1 aliphatic rings. The average molecular weight is 348 g/mol. The van der Waals surface area contributed by atoms with Gasteiger partial charge in [0.2, 0.25) is 5.88 Å². The summed E-state index contributed by atoms with van der Waals surface area (Å²) in [6.07, 6.45) is 2.59. The zero-order valence-corrected chi connectivity index (χ0v) is 14.8. The van der Waals surface area contributed by atoms with Crippen LogP contribution in [0.2, 0.25) is 0 Å². The van der Waals surface area contributed by atoms with Crippen molar-refractivity contribution in [1.29, 1.82) is 0 Å². The SMILES string of the molecule is CCCN1Cc2nc3c(-c4cccnc4OC)cccc3c(N)c2C1=O. The molecule has 0 unspecified atom stereocenters. The Bertz CT molecular complexity index is 1020. The molecule has 0 bridgehead atoms. The normalized spacial score (nSPS) is 13.3. The first-order chi connectivity index (χ1) is 12.7. The zero-order valence-electron chi connectivity index (χ0n) is 14.8. The summed E-state index contributed by atoms with van der Waals surface area (Å²) in [5.41, 5.74) is 10.7. The molecule has 0 aliphatic carbocycles. The molecule has 0 saturated heterocycles. The van der Waals surface area contributed by atoms with Gasteiger partial charge in [-0.05, 0) is 18.6 Å². The standard InChI is InChI=1S/C20H20N4O2/c1-3-10-24-11-15-16(20(24)25)17(21)14-7-4-6-12(18(14)23-15)13-8-5-9-22-19(13)26-2/h4-9H,3,10-11H2,1-2H3,(H2,21,23). The third kappa shape index (κ3) is 2.37. The number of nitrogen functional groups attached to an aromatic ring is 1. The fourth-order valence-electron chi connectivity index (χ4n) is 3.55. The van der Waals surface area contributed by atoms with E-state index in [4.69, 9.17) is 15.5 Å². The van der Waals surface area contributed by atoms with E-state index in [1.807, 2.05) is 30.3 Å². The van der Waals surface area contributed by atoms with Gasteiger partial charge in [-0.1, -0.05) is 25.1 Å². The minimum Gasteiger partial charge on any atom is -0.481 e. The number of fused-ring (bicyclic) bond motifs is 2. The van der Waals surface area contributed by atoms with E-state index in [0.717, 1.165) is 34.1 Å². The van der Waals surface area contributed by atoms with Gasteiger partial charge < -0.3 is 15.4 Å². The molecule has 132 valence electrons. The van der Waals surface area contributed by atoms with E-state index in [2.05, 4.69) is 11.9 Å². The number of anilines is 1. The number of pyridine rings is 2. The maximum Gasteiger partial charge on any atom is 0.258 e. The van der Waals surface area contributed by atoms with Gasteiger partial charge in [0.1, 0.15) is 0 Å². The Labute approximate surface area is 151 Å². The molecular formula is C20H20N4O2. The van der Waals surface area contributed by atoms with Gasteiger partial charge >= 0.3 is 0 Å². The van der Waals surface area contributed by atoms with Crippen LogP contribution in [0.15, 0.2) is 36.5 Å². The van der Waals surface area contributed by atoms with Crippen LogP contribution in [-0.4, -0.2) is 34.4 Å². The Kier molecular flexibility index (Phi) is 3.95. The van der Waals surface area contributed by atoms with Crippen LogP contribution < -0.4 is 10.5 Å². The number of methoxy groups -OCH3 is 1. The van der Waals surface area contributed by atoms with Gasteiger partial charge in [0.25, 0.3) is 5.91 Å². The number of hydrogen-bond acceptors (Lipinski definition) is 5. The highest BCUT2D eigenvalue weighted by Gasteiger charge is 2.32. The predicted molar refractivity (Wildman–Crippen MR) is 101 cm³/mol. The number of aromatic nitrogens is 2. The van der Waals surface area contributed by atoms with Gasteiger partial charge in [-0.25, -0.2) is 9.97 Å². The molecule has 6 nitrogen and oxygen atoms in total. The lowest BCUT2D eigenvalue weighted by Crippen LogP contribution is -2.24. The number of nitrogens with zero attached hydrogens (tertiary/aromatic N) is 3. The summed E-state index contributed by atoms with van der Waals surface area (Å²) in [5, 5.41) is 0.777.